The Labute approximate surface area is 119 Å². The van der Waals surface area contributed by atoms with Gasteiger partial charge in [-0.05, 0) is 46.2 Å². The van der Waals surface area contributed by atoms with Gasteiger partial charge in [0.2, 0.25) is 0 Å². The van der Waals surface area contributed by atoms with E-state index in [1.165, 1.54) is 10.8 Å². The number of hydrogen-bond acceptors (Lipinski definition) is 2. The molecular weight excluding hydrogens is 337 g/mol. The second kappa shape index (κ2) is 5.02. The summed E-state index contributed by atoms with van der Waals surface area (Å²) in [6.07, 6.45) is 0. The Kier molecular flexibility index (Phi) is 3.23. The quantitative estimate of drug-likeness (QED) is 0.697. The molecule has 0 fully saturated rings. The SMILES string of the molecule is Ic1ccc(CNc2cccc3ccccc23)o1. The van der Waals surface area contributed by atoms with Gasteiger partial charge in [-0.1, -0.05) is 36.4 Å². The molecule has 0 aliphatic carbocycles. The van der Waals surface area contributed by atoms with Crippen molar-refractivity contribution in [2.24, 2.45) is 0 Å². The third kappa shape index (κ3) is 2.36. The lowest BCUT2D eigenvalue weighted by atomic mass is 10.1. The maximum absolute atomic E-state index is 5.54. The molecule has 0 spiro atoms. The first kappa shape index (κ1) is 11.6. The van der Waals surface area contributed by atoms with Crippen molar-refractivity contribution in [3.63, 3.8) is 0 Å². The molecule has 0 amide bonds. The average Bonchev–Trinajstić information content (AvgIpc) is 2.82. The van der Waals surface area contributed by atoms with Crippen LogP contribution in [0.1, 0.15) is 5.76 Å². The molecule has 0 aliphatic rings. The molecule has 1 heterocycles. The van der Waals surface area contributed by atoms with E-state index in [9.17, 15) is 0 Å². The van der Waals surface area contributed by atoms with E-state index >= 15 is 0 Å². The van der Waals surface area contributed by atoms with Crippen LogP contribution in [0.15, 0.2) is 59.0 Å². The highest BCUT2D eigenvalue weighted by Gasteiger charge is 2.02. The molecule has 0 bridgehead atoms. The van der Waals surface area contributed by atoms with E-state index in [0.29, 0.717) is 6.54 Å². The molecule has 18 heavy (non-hydrogen) atoms. The van der Waals surface area contributed by atoms with Crippen LogP contribution in [0, 0.1) is 3.77 Å². The first-order valence-electron chi connectivity index (χ1n) is 5.79. The Morgan fingerprint density at radius 2 is 1.78 bits per heavy atom. The van der Waals surface area contributed by atoms with Crippen molar-refractivity contribution in [1.82, 2.24) is 0 Å². The lowest BCUT2D eigenvalue weighted by Gasteiger charge is -2.08. The molecule has 0 saturated heterocycles. The van der Waals surface area contributed by atoms with Crippen molar-refractivity contribution in [2.45, 2.75) is 6.54 Å². The highest BCUT2D eigenvalue weighted by atomic mass is 127. The van der Waals surface area contributed by atoms with Gasteiger partial charge in [0, 0.05) is 11.1 Å². The van der Waals surface area contributed by atoms with E-state index in [1.807, 2.05) is 12.1 Å². The molecule has 0 saturated carbocycles. The summed E-state index contributed by atoms with van der Waals surface area (Å²) >= 11 is 2.17. The highest BCUT2D eigenvalue weighted by Crippen LogP contribution is 2.23. The van der Waals surface area contributed by atoms with Gasteiger partial charge in [0.25, 0.3) is 0 Å². The van der Waals surface area contributed by atoms with Crippen molar-refractivity contribution in [3.05, 3.63) is 64.1 Å². The average molecular weight is 349 g/mol. The summed E-state index contributed by atoms with van der Waals surface area (Å²) in [5.74, 6) is 0.951. The van der Waals surface area contributed by atoms with Crippen LogP contribution < -0.4 is 5.32 Å². The van der Waals surface area contributed by atoms with Gasteiger partial charge in [-0.3, -0.25) is 0 Å². The van der Waals surface area contributed by atoms with Gasteiger partial charge in [-0.25, -0.2) is 0 Å². The van der Waals surface area contributed by atoms with E-state index in [1.54, 1.807) is 0 Å². The normalized spacial score (nSPS) is 10.7. The minimum absolute atomic E-state index is 0.705. The Hall–Kier alpha value is -1.49. The Morgan fingerprint density at radius 3 is 2.61 bits per heavy atom. The van der Waals surface area contributed by atoms with Gasteiger partial charge in [-0.2, -0.15) is 0 Å². The third-order valence-electron chi connectivity index (χ3n) is 2.87. The van der Waals surface area contributed by atoms with Gasteiger partial charge in [0.1, 0.15) is 5.76 Å². The van der Waals surface area contributed by atoms with Crippen LogP contribution in [0.2, 0.25) is 0 Å². The van der Waals surface area contributed by atoms with E-state index in [-0.39, 0.29) is 0 Å². The van der Waals surface area contributed by atoms with Crippen LogP contribution in [-0.2, 0) is 6.54 Å². The number of benzene rings is 2. The van der Waals surface area contributed by atoms with Crippen LogP contribution >= 0.6 is 22.6 Å². The number of furan rings is 1. The fraction of sp³-hybridized carbons (Fsp3) is 0.0667. The Bertz CT molecular complexity index is 670. The smallest absolute Gasteiger partial charge is 0.164 e. The van der Waals surface area contributed by atoms with Crippen molar-refractivity contribution >= 4 is 39.1 Å². The van der Waals surface area contributed by atoms with E-state index in [0.717, 1.165) is 15.2 Å². The molecular formula is C15H12INO. The van der Waals surface area contributed by atoms with Crippen molar-refractivity contribution in [1.29, 1.82) is 0 Å². The first-order chi connectivity index (χ1) is 8.83. The lowest BCUT2D eigenvalue weighted by molar-refractivity contribution is 0.493. The summed E-state index contributed by atoms with van der Waals surface area (Å²) in [5.41, 5.74) is 1.14. The number of anilines is 1. The number of nitrogens with one attached hydrogen (secondary N) is 1. The van der Waals surface area contributed by atoms with Crippen molar-refractivity contribution in [2.75, 3.05) is 5.32 Å². The molecule has 0 radical (unpaired) electrons. The number of fused-ring (bicyclic) bond motifs is 1. The zero-order chi connectivity index (χ0) is 12.4. The predicted octanol–water partition coefficient (Wildman–Crippen LogP) is 4.65. The summed E-state index contributed by atoms with van der Waals surface area (Å²) in [6, 6.07) is 18.6. The molecule has 90 valence electrons. The van der Waals surface area contributed by atoms with Gasteiger partial charge in [-0.15, -0.1) is 0 Å². The van der Waals surface area contributed by atoms with E-state index < -0.39 is 0 Å². The van der Waals surface area contributed by atoms with Gasteiger partial charge < -0.3 is 9.73 Å². The number of halogens is 1. The van der Waals surface area contributed by atoms with E-state index in [2.05, 4.69) is 70.4 Å². The summed E-state index contributed by atoms with van der Waals surface area (Å²) in [4.78, 5) is 0. The van der Waals surface area contributed by atoms with Crippen LogP contribution in [-0.4, -0.2) is 0 Å². The fourth-order valence-corrected chi connectivity index (χ4v) is 2.47. The van der Waals surface area contributed by atoms with E-state index in [4.69, 9.17) is 4.42 Å². The maximum atomic E-state index is 5.54. The van der Waals surface area contributed by atoms with Gasteiger partial charge in [0.15, 0.2) is 3.77 Å². The van der Waals surface area contributed by atoms with Crippen molar-refractivity contribution < 1.29 is 4.42 Å². The summed E-state index contributed by atoms with van der Waals surface area (Å²) in [6.45, 7) is 0.705. The molecule has 3 aromatic rings. The van der Waals surface area contributed by atoms with Crippen LogP contribution in [0.25, 0.3) is 10.8 Å². The molecule has 2 nitrogen and oxygen atoms in total. The summed E-state index contributed by atoms with van der Waals surface area (Å²) < 4.78 is 6.46. The van der Waals surface area contributed by atoms with Gasteiger partial charge in [0.05, 0.1) is 6.54 Å². The minimum Gasteiger partial charge on any atom is -0.454 e. The van der Waals surface area contributed by atoms with Gasteiger partial charge >= 0.3 is 0 Å². The molecule has 3 heteroatoms. The fourth-order valence-electron chi connectivity index (χ4n) is 2.01. The summed E-state index contributed by atoms with van der Waals surface area (Å²) in [7, 11) is 0. The summed E-state index contributed by atoms with van der Waals surface area (Å²) in [5, 5.41) is 5.90. The topological polar surface area (TPSA) is 25.2 Å². The third-order valence-corrected chi connectivity index (χ3v) is 3.45. The Morgan fingerprint density at radius 1 is 0.944 bits per heavy atom. The maximum Gasteiger partial charge on any atom is 0.164 e. The molecule has 0 aliphatic heterocycles. The number of hydrogen-bond donors (Lipinski definition) is 1. The monoisotopic (exact) mass is 349 g/mol. The predicted molar refractivity (Wildman–Crippen MR) is 82.7 cm³/mol. The molecule has 0 unspecified atom stereocenters. The first-order valence-corrected chi connectivity index (χ1v) is 6.87. The molecule has 3 rings (SSSR count). The zero-order valence-corrected chi connectivity index (χ0v) is 11.8. The molecule has 1 aromatic heterocycles. The zero-order valence-electron chi connectivity index (χ0n) is 9.69. The standard InChI is InChI=1S/C15H12INO/c16-15-9-8-12(18-15)10-17-14-7-3-5-11-4-1-2-6-13(11)14/h1-9,17H,10H2. The number of rotatable bonds is 3. The largest absolute Gasteiger partial charge is 0.454 e. The van der Waals surface area contributed by atoms with Crippen LogP contribution in [0.3, 0.4) is 0 Å². The molecule has 2 aromatic carbocycles. The molecule has 0 atom stereocenters. The highest BCUT2D eigenvalue weighted by molar-refractivity contribution is 14.1. The molecule has 1 N–H and O–H groups in total. The second-order valence-corrected chi connectivity index (χ2v) is 5.15. The minimum atomic E-state index is 0.705. The lowest BCUT2D eigenvalue weighted by Crippen LogP contribution is -1.98. The Balaban J connectivity index is 1.86. The van der Waals surface area contributed by atoms with Crippen molar-refractivity contribution in [3.8, 4) is 0 Å². The van der Waals surface area contributed by atoms with Crippen LogP contribution in [0.5, 0.6) is 0 Å². The van der Waals surface area contributed by atoms with Crippen LogP contribution in [0.4, 0.5) is 5.69 Å². The second-order valence-electron chi connectivity index (χ2n) is 4.09.